The van der Waals surface area contributed by atoms with Crippen molar-refractivity contribution >= 4 is 5.97 Å². The minimum Gasteiger partial charge on any atom is -0.468 e. The van der Waals surface area contributed by atoms with Crippen molar-refractivity contribution in [3.05, 3.63) is 0 Å². The van der Waals surface area contributed by atoms with Crippen molar-refractivity contribution < 1.29 is 9.53 Å². The van der Waals surface area contributed by atoms with Crippen molar-refractivity contribution in [2.45, 2.75) is 57.5 Å². The van der Waals surface area contributed by atoms with Gasteiger partial charge in [0.05, 0.1) is 7.11 Å². The van der Waals surface area contributed by atoms with Crippen LogP contribution >= 0.6 is 0 Å². The molecule has 3 heteroatoms. The van der Waals surface area contributed by atoms with E-state index >= 15 is 0 Å². The Hall–Kier alpha value is -0.570. The summed E-state index contributed by atoms with van der Waals surface area (Å²) in [6.07, 6.45) is 7.52. The number of nitrogens with zero attached hydrogens (tertiary/aromatic N) is 1. The Bertz CT molecular complexity index is 246. The first kappa shape index (κ1) is 11.9. The van der Waals surface area contributed by atoms with Gasteiger partial charge in [0.1, 0.15) is 6.04 Å². The molecule has 0 aromatic rings. The summed E-state index contributed by atoms with van der Waals surface area (Å²) in [6, 6.07) is 0.703. The van der Waals surface area contributed by atoms with Crippen molar-refractivity contribution in [3.8, 4) is 0 Å². The van der Waals surface area contributed by atoms with Gasteiger partial charge in [-0.25, -0.2) is 0 Å². The molecule has 0 bridgehead atoms. The zero-order chi connectivity index (χ0) is 11.5. The molecule has 1 aliphatic heterocycles. The molecule has 1 atom stereocenters. The molecule has 92 valence electrons. The molecule has 0 aromatic heterocycles. The van der Waals surface area contributed by atoms with Gasteiger partial charge in [-0.05, 0) is 38.0 Å². The molecule has 0 aromatic carbocycles. The molecule has 3 nitrogen and oxygen atoms in total. The Labute approximate surface area is 98.1 Å². The van der Waals surface area contributed by atoms with Gasteiger partial charge in [-0.3, -0.25) is 9.69 Å². The van der Waals surface area contributed by atoms with E-state index in [4.69, 9.17) is 4.74 Å². The molecule has 2 rings (SSSR count). The molecule has 1 unspecified atom stereocenters. The van der Waals surface area contributed by atoms with Crippen LogP contribution in [0.15, 0.2) is 0 Å². The van der Waals surface area contributed by atoms with E-state index in [0.29, 0.717) is 6.04 Å². The van der Waals surface area contributed by atoms with Gasteiger partial charge in [0.15, 0.2) is 0 Å². The van der Waals surface area contributed by atoms with Crippen molar-refractivity contribution in [2.75, 3.05) is 13.7 Å². The lowest BCUT2D eigenvalue weighted by molar-refractivity contribution is -0.154. The predicted octanol–water partition coefficient (Wildman–Crippen LogP) is 2.20. The van der Waals surface area contributed by atoms with Crippen LogP contribution in [0.1, 0.15) is 45.4 Å². The normalized spacial score (nSPS) is 35.5. The first-order chi connectivity index (χ1) is 7.76. The summed E-state index contributed by atoms with van der Waals surface area (Å²) in [5, 5.41) is 0. The molecule has 0 spiro atoms. The number of hydrogen-bond acceptors (Lipinski definition) is 3. The van der Waals surface area contributed by atoms with Crippen LogP contribution in [0.5, 0.6) is 0 Å². The molecular weight excluding hydrogens is 202 g/mol. The number of carbonyl (C=O) groups is 1. The lowest BCUT2D eigenvalue weighted by atomic mass is 9.82. The van der Waals surface area contributed by atoms with Crippen LogP contribution < -0.4 is 0 Å². The van der Waals surface area contributed by atoms with Crippen LogP contribution in [-0.2, 0) is 9.53 Å². The Morgan fingerprint density at radius 2 is 1.94 bits per heavy atom. The Balaban J connectivity index is 1.83. The molecule has 2 fully saturated rings. The van der Waals surface area contributed by atoms with Crippen LogP contribution in [0, 0.1) is 5.92 Å². The molecule has 1 aliphatic carbocycles. The number of rotatable bonds is 3. The van der Waals surface area contributed by atoms with Crippen molar-refractivity contribution in [3.63, 3.8) is 0 Å². The van der Waals surface area contributed by atoms with E-state index in [-0.39, 0.29) is 12.0 Å². The summed E-state index contributed by atoms with van der Waals surface area (Å²) in [6.45, 7) is 3.37. The largest absolute Gasteiger partial charge is 0.468 e. The van der Waals surface area contributed by atoms with Gasteiger partial charge in [0.2, 0.25) is 0 Å². The Morgan fingerprint density at radius 3 is 2.38 bits per heavy atom. The van der Waals surface area contributed by atoms with Crippen molar-refractivity contribution in [1.82, 2.24) is 4.90 Å². The first-order valence-electron chi connectivity index (χ1n) is 6.59. The summed E-state index contributed by atoms with van der Waals surface area (Å²) in [5.74, 6) is 0.887. The van der Waals surface area contributed by atoms with Gasteiger partial charge in [-0.15, -0.1) is 0 Å². The molecule has 0 N–H and O–H groups in total. The molecule has 16 heavy (non-hydrogen) atoms. The van der Waals surface area contributed by atoms with Gasteiger partial charge >= 0.3 is 5.97 Å². The van der Waals surface area contributed by atoms with E-state index in [1.807, 2.05) is 0 Å². The van der Waals surface area contributed by atoms with E-state index in [2.05, 4.69) is 11.8 Å². The number of ether oxygens (including phenoxy) is 1. The van der Waals surface area contributed by atoms with Gasteiger partial charge < -0.3 is 4.74 Å². The number of likely N-dealkylation sites (tertiary alicyclic amines) is 1. The van der Waals surface area contributed by atoms with E-state index in [1.54, 1.807) is 0 Å². The summed E-state index contributed by atoms with van der Waals surface area (Å²) in [5.41, 5.74) is 0. The third kappa shape index (κ3) is 2.24. The maximum absolute atomic E-state index is 11.5. The SMILES string of the molecule is CCC1CCC(N2CCC2C(=O)OC)CC1. The third-order valence-corrected chi connectivity index (χ3v) is 4.40. The van der Waals surface area contributed by atoms with Crippen molar-refractivity contribution in [1.29, 1.82) is 0 Å². The highest BCUT2D eigenvalue weighted by molar-refractivity contribution is 5.76. The van der Waals surface area contributed by atoms with E-state index < -0.39 is 0 Å². The molecule has 1 heterocycles. The van der Waals surface area contributed by atoms with Crippen LogP contribution in [-0.4, -0.2) is 36.6 Å². The topological polar surface area (TPSA) is 29.5 Å². The van der Waals surface area contributed by atoms with Gasteiger partial charge in [0.25, 0.3) is 0 Å². The number of methoxy groups -OCH3 is 1. The second kappa shape index (κ2) is 5.17. The average molecular weight is 225 g/mol. The zero-order valence-corrected chi connectivity index (χ0v) is 10.4. The summed E-state index contributed by atoms with van der Waals surface area (Å²) in [7, 11) is 1.49. The lowest BCUT2D eigenvalue weighted by Crippen LogP contribution is -2.57. The molecule has 2 aliphatic rings. The van der Waals surface area contributed by atoms with Crippen LogP contribution in [0.25, 0.3) is 0 Å². The molecule has 1 saturated carbocycles. The monoisotopic (exact) mass is 225 g/mol. The lowest BCUT2D eigenvalue weighted by Gasteiger charge is -2.46. The predicted molar refractivity (Wildman–Crippen MR) is 63.2 cm³/mol. The zero-order valence-electron chi connectivity index (χ0n) is 10.4. The highest BCUT2D eigenvalue weighted by Crippen LogP contribution is 2.34. The summed E-state index contributed by atoms with van der Waals surface area (Å²) < 4.78 is 4.84. The molecule has 0 radical (unpaired) electrons. The minimum absolute atomic E-state index is 0.0381. The highest BCUT2D eigenvalue weighted by atomic mass is 16.5. The summed E-state index contributed by atoms with van der Waals surface area (Å²) in [4.78, 5) is 13.9. The second-order valence-electron chi connectivity index (χ2n) is 5.15. The van der Waals surface area contributed by atoms with E-state index in [0.717, 1.165) is 18.9 Å². The second-order valence-corrected chi connectivity index (χ2v) is 5.15. The minimum atomic E-state index is -0.0381. The third-order valence-electron chi connectivity index (χ3n) is 4.40. The number of carbonyl (C=O) groups excluding carboxylic acids is 1. The first-order valence-corrected chi connectivity index (χ1v) is 6.59. The van der Waals surface area contributed by atoms with Gasteiger partial charge in [0, 0.05) is 12.6 Å². The molecule has 1 saturated heterocycles. The number of hydrogen-bond donors (Lipinski definition) is 0. The standard InChI is InChI=1S/C13H23NO2/c1-3-10-4-6-11(7-5-10)14-9-8-12(14)13(15)16-2/h10-12H,3-9H2,1-2H3. The fraction of sp³-hybridized carbons (Fsp3) is 0.923. The maximum Gasteiger partial charge on any atom is 0.323 e. The fourth-order valence-corrected chi connectivity index (χ4v) is 3.12. The van der Waals surface area contributed by atoms with E-state index in [1.165, 1.54) is 39.2 Å². The van der Waals surface area contributed by atoms with Crippen molar-refractivity contribution in [2.24, 2.45) is 5.92 Å². The number of esters is 1. The highest BCUT2D eigenvalue weighted by Gasteiger charge is 2.40. The molecular formula is C13H23NO2. The average Bonchev–Trinajstić information content (AvgIpc) is 2.28. The van der Waals surface area contributed by atoms with Crippen LogP contribution in [0.3, 0.4) is 0 Å². The van der Waals surface area contributed by atoms with Crippen LogP contribution in [0.4, 0.5) is 0 Å². The van der Waals surface area contributed by atoms with Crippen LogP contribution in [0.2, 0.25) is 0 Å². The Morgan fingerprint density at radius 1 is 1.25 bits per heavy atom. The smallest absolute Gasteiger partial charge is 0.323 e. The molecule has 0 amide bonds. The van der Waals surface area contributed by atoms with Gasteiger partial charge in [-0.2, -0.15) is 0 Å². The summed E-state index contributed by atoms with van der Waals surface area (Å²) >= 11 is 0. The maximum atomic E-state index is 11.5. The Kier molecular flexibility index (Phi) is 3.85. The van der Waals surface area contributed by atoms with E-state index in [9.17, 15) is 4.79 Å². The quantitative estimate of drug-likeness (QED) is 0.690. The fourth-order valence-electron chi connectivity index (χ4n) is 3.12. The van der Waals surface area contributed by atoms with Gasteiger partial charge in [-0.1, -0.05) is 13.3 Å².